The van der Waals surface area contributed by atoms with Crippen molar-refractivity contribution in [1.29, 1.82) is 0 Å². The van der Waals surface area contributed by atoms with Crippen LogP contribution in [0.5, 0.6) is 0 Å². The fourth-order valence-corrected chi connectivity index (χ4v) is 1.94. The van der Waals surface area contributed by atoms with Crippen molar-refractivity contribution in [2.75, 3.05) is 12.4 Å². The van der Waals surface area contributed by atoms with Crippen LogP contribution in [0.1, 0.15) is 5.56 Å². The number of nitrogens with zero attached hydrogens (tertiary/aromatic N) is 2. The highest BCUT2D eigenvalue weighted by molar-refractivity contribution is 7.13. The topological polar surface area (TPSA) is 37.8 Å². The summed E-state index contributed by atoms with van der Waals surface area (Å²) in [5.74, 6) is 3.17. The largest absolute Gasteiger partial charge is 0.357 e. The fraction of sp³-hybridized carbons (Fsp3) is 0.0909. The summed E-state index contributed by atoms with van der Waals surface area (Å²) in [6, 6.07) is 3.97. The second-order valence-electron chi connectivity index (χ2n) is 2.83. The second-order valence-corrected chi connectivity index (χ2v) is 3.78. The number of terminal acetylenes is 1. The number of hydrogen-bond acceptors (Lipinski definition) is 4. The molecule has 0 bridgehead atoms. The molecule has 1 N–H and O–H groups in total. The van der Waals surface area contributed by atoms with Gasteiger partial charge in [-0.1, -0.05) is 12.0 Å². The molecular weight excluding hydrogens is 206 g/mol. The minimum absolute atomic E-state index is 0.581. The zero-order valence-electron chi connectivity index (χ0n) is 8.19. The van der Waals surface area contributed by atoms with Crippen molar-refractivity contribution < 1.29 is 0 Å². The van der Waals surface area contributed by atoms with Gasteiger partial charge in [0, 0.05) is 13.2 Å². The van der Waals surface area contributed by atoms with Gasteiger partial charge < -0.3 is 5.32 Å². The summed E-state index contributed by atoms with van der Waals surface area (Å²) in [5.41, 5.74) is 1.53. The van der Waals surface area contributed by atoms with E-state index in [9.17, 15) is 0 Å². The first kappa shape index (κ1) is 9.69. The summed E-state index contributed by atoms with van der Waals surface area (Å²) >= 11 is 1.61. The highest BCUT2D eigenvalue weighted by Gasteiger charge is 2.07. The van der Waals surface area contributed by atoms with Crippen LogP contribution in [0.2, 0.25) is 0 Å². The van der Waals surface area contributed by atoms with Crippen LogP contribution in [0.3, 0.4) is 0 Å². The number of thiophene rings is 1. The van der Waals surface area contributed by atoms with Gasteiger partial charge in [0.1, 0.15) is 5.69 Å². The number of hydrogen-bond donors (Lipinski definition) is 1. The minimum Gasteiger partial charge on any atom is -0.357 e. The first-order chi connectivity index (χ1) is 7.35. The molecule has 74 valence electrons. The molecule has 0 saturated heterocycles. The molecule has 3 nitrogen and oxygen atoms in total. The fourth-order valence-electron chi connectivity index (χ4n) is 1.21. The average molecular weight is 215 g/mol. The lowest BCUT2D eigenvalue weighted by atomic mass is 10.2. The smallest absolute Gasteiger partial charge is 0.223 e. The number of rotatable bonds is 2. The first-order valence-corrected chi connectivity index (χ1v) is 5.28. The van der Waals surface area contributed by atoms with E-state index in [2.05, 4.69) is 21.2 Å². The monoisotopic (exact) mass is 215 g/mol. The summed E-state index contributed by atoms with van der Waals surface area (Å²) in [5, 5.41) is 4.89. The van der Waals surface area contributed by atoms with Crippen LogP contribution < -0.4 is 5.32 Å². The van der Waals surface area contributed by atoms with E-state index in [1.54, 1.807) is 24.6 Å². The van der Waals surface area contributed by atoms with E-state index < -0.39 is 0 Å². The summed E-state index contributed by atoms with van der Waals surface area (Å²) in [7, 11) is 1.78. The van der Waals surface area contributed by atoms with Crippen molar-refractivity contribution >= 4 is 17.3 Å². The molecule has 2 rings (SSSR count). The molecule has 15 heavy (non-hydrogen) atoms. The maximum absolute atomic E-state index is 5.40. The van der Waals surface area contributed by atoms with E-state index in [-0.39, 0.29) is 0 Å². The standard InChI is InChI=1S/C11H9N3S/c1-3-8-7-13-11(12-2)14-10(8)9-5-4-6-15-9/h1,4-7H,2H3,(H,12,13,14). The molecule has 0 aromatic carbocycles. The van der Waals surface area contributed by atoms with Crippen LogP contribution in [0, 0.1) is 12.3 Å². The Morgan fingerprint density at radius 1 is 1.53 bits per heavy atom. The maximum atomic E-state index is 5.40. The Morgan fingerprint density at radius 3 is 3.00 bits per heavy atom. The van der Waals surface area contributed by atoms with Gasteiger partial charge in [-0.05, 0) is 11.4 Å². The molecule has 0 aliphatic carbocycles. The Labute approximate surface area is 92.2 Å². The zero-order chi connectivity index (χ0) is 10.7. The van der Waals surface area contributed by atoms with Gasteiger partial charge in [-0.2, -0.15) is 0 Å². The van der Waals surface area contributed by atoms with Crippen molar-refractivity contribution in [3.63, 3.8) is 0 Å². The lowest BCUT2D eigenvalue weighted by Crippen LogP contribution is -1.98. The molecule has 0 saturated carbocycles. The van der Waals surface area contributed by atoms with Crippen LogP contribution in [-0.2, 0) is 0 Å². The number of anilines is 1. The molecule has 0 fully saturated rings. The van der Waals surface area contributed by atoms with E-state index in [1.165, 1.54) is 0 Å². The number of aromatic nitrogens is 2. The highest BCUT2D eigenvalue weighted by Crippen LogP contribution is 2.26. The Balaban J connectivity index is 2.58. The van der Waals surface area contributed by atoms with Crippen molar-refractivity contribution in [3.05, 3.63) is 29.3 Å². The normalized spacial score (nSPS) is 9.60. The Bertz CT molecular complexity index is 497. The molecule has 0 radical (unpaired) electrons. The molecule has 0 aliphatic heterocycles. The summed E-state index contributed by atoms with van der Waals surface area (Å²) in [6.45, 7) is 0. The van der Waals surface area contributed by atoms with E-state index in [0.29, 0.717) is 5.95 Å². The Hall–Kier alpha value is -1.86. The van der Waals surface area contributed by atoms with Gasteiger partial charge in [0.05, 0.1) is 10.4 Å². The molecule has 2 aromatic heterocycles. The molecule has 0 atom stereocenters. The SMILES string of the molecule is C#Cc1cnc(NC)nc1-c1cccs1. The van der Waals surface area contributed by atoms with Gasteiger partial charge in [-0.15, -0.1) is 17.8 Å². The minimum atomic E-state index is 0.581. The third-order valence-corrected chi connectivity index (χ3v) is 2.80. The summed E-state index contributed by atoms with van der Waals surface area (Å²) < 4.78 is 0. The van der Waals surface area contributed by atoms with Gasteiger partial charge >= 0.3 is 0 Å². The molecule has 0 aliphatic rings. The Morgan fingerprint density at radius 2 is 2.40 bits per heavy atom. The van der Waals surface area contributed by atoms with Crippen LogP contribution in [0.4, 0.5) is 5.95 Å². The third-order valence-electron chi connectivity index (χ3n) is 1.92. The molecular formula is C11H9N3S. The quantitative estimate of drug-likeness (QED) is 0.781. The van der Waals surface area contributed by atoms with Crippen LogP contribution in [0.15, 0.2) is 23.7 Å². The van der Waals surface area contributed by atoms with Gasteiger partial charge in [-0.25, -0.2) is 9.97 Å². The van der Waals surface area contributed by atoms with Crippen LogP contribution in [0.25, 0.3) is 10.6 Å². The first-order valence-electron chi connectivity index (χ1n) is 4.40. The molecule has 0 spiro atoms. The number of nitrogens with one attached hydrogen (secondary N) is 1. The van der Waals surface area contributed by atoms with E-state index in [1.807, 2.05) is 17.5 Å². The van der Waals surface area contributed by atoms with Crippen molar-refractivity contribution in [3.8, 4) is 22.9 Å². The molecule has 2 aromatic rings. The van der Waals surface area contributed by atoms with Gasteiger partial charge in [-0.3, -0.25) is 0 Å². The van der Waals surface area contributed by atoms with Crippen molar-refractivity contribution in [2.24, 2.45) is 0 Å². The van der Waals surface area contributed by atoms with Gasteiger partial charge in [0.25, 0.3) is 0 Å². The van der Waals surface area contributed by atoms with Gasteiger partial charge in [0.2, 0.25) is 5.95 Å². The van der Waals surface area contributed by atoms with E-state index >= 15 is 0 Å². The van der Waals surface area contributed by atoms with E-state index in [4.69, 9.17) is 6.42 Å². The molecule has 2 heterocycles. The van der Waals surface area contributed by atoms with E-state index in [0.717, 1.165) is 16.1 Å². The van der Waals surface area contributed by atoms with Gasteiger partial charge in [0.15, 0.2) is 0 Å². The summed E-state index contributed by atoms with van der Waals surface area (Å²) in [6.07, 6.45) is 7.06. The maximum Gasteiger partial charge on any atom is 0.223 e. The lowest BCUT2D eigenvalue weighted by Gasteiger charge is -2.03. The average Bonchev–Trinajstić information content (AvgIpc) is 2.81. The molecule has 0 amide bonds. The predicted molar refractivity (Wildman–Crippen MR) is 62.8 cm³/mol. The zero-order valence-corrected chi connectivity index (χ0v) is 9.01. The summed E-state index contributed by atoms with van der Waals surface area (Å²) in [4.78, 5) is 9.49. The van der Waals surface area contributed by atoms with Crippen molar-refractivity contribution in [1.82, 2.24) is 9.97 Å². The van der Waals surface area contributed by atoms with Crippen LogP contribution in [-0.4, -0.2) is 17.0 Å². The Kier molecular flexibility index (Phi) is 2.66. The highest BCUT2D eigenvalue weighted by atomic mass is 32.1. The van der Waals surface area contributed by atoms with Crippen LogP contribution >= 0.6 is 11.3 Å². The second kappa shape index (κ2) is 4.11. The predicted octanol–water partition coefficient (Wildman–Crippen LogP) is 2.23. The third kappa shape index (κ3) is 1.83. The molecule has 0 unspecified atom stereocenters. The molecule has 4 heteroatoms. The van der Waals surface area contributed by atoms with Crippen molar-refractivity contribution in [2.45, 2.75) is 0 Å². The lowest BCUT2D eigenvalue weighted by molar-refractivity contribution is 1.15.